The number of hydrogen-bond donors (Lipinski definition) is 3. The van der Waals surface area contributed by atoms with Crippen molar-refractivity contribution in [2.45, 2.75) is 124 Å². The Kier molecular flexibility index (Phi) is 7.20. The number of hydrogen-bond acceptors (Lipinski definition) is 6. The largest absolute Gasteiger partial charge is 0.508 e. The van der Waals surface area contributed by atoms with Gasteiger partial charge in [-0.3, -0.25) is 9.59 Å². The number of Topliss-reactive ketones (excluding diaryl/α,β-unsaturated/α-hetero) is 2. The molecule has 1 aromatic rings. The normalized spacial score (nSPS) is 40.9. The number of ether oxygens (including phenoxy) is 1. The lowest BCUT2D eigenvalue weighted by atomic mass is 9.34. The highest BCUT2D eigenvalue weighted by Gasteiger charge is 2.70. The quantitative estimate of drug-likeness (QED) is 0.312. The van der Waals surface area contributed by atoms with Crippen LogP contribution in [0.1, 0.15) is 111 Å². The number of epoxide rings is 1. The summed E-state index contributed by atoms with van der Waals surface area (Å²) >= 11 is 0. The number of benzene rings is 1. The summed E-state index contributed by atoms with van der Waals surface area (Å²) in [6.07, 6.45) is 5.10. The number of aliphatic hydroxyl groups is 2. The van der Waals surface area contributed by atoms with E-state index in [1.54, 1.807) is 12.1 Å². The number of phenolic OH excluding ortho intramolecular Hbond substituents is 1. The van der Waals surface area contributed by atoms with Crippen molar-refractivity contribution in [3.8, 4) is 5.75 Å². The molecule has 6 heteroatoms. The van der Waals surface area contributed by atoms with Gasteiger partial charge in [0.1, 0.15) is 17.6 Å². The first-order valence-electron chi connectivity index (χ1n) is 16.6. The minimum absolute atomic E-state index is 0.0599. The van der Waals surface area contributed by atoms with Gasteiger partial charge in [-0.1, -0.05) is 52.3 Å². The summed E-state index contributed by atoms with van der Waals surface area (Å²) in [6, 6.07) is 7.21. The summed E-state index contributed by atoms with van der Waals surface area (Å²) in [5.41, 5.74) is 1.44. The third-order valence-corrected chi connectivity index (χ3v) is 13.5. The number of ketones is 2. The molecular weight excluding hydrogens is 540 g/mol. The Bertz CT molecular complexity index is 1360. The lowest BCUT2D eigenvalue weighted by Crippen LogP contribution is -2.64. The van der Waals surface area contributed by atoms with E-state index >= 15 is 0 Å². The molecule has 1 heterocycles. The fourth-order valence-corrected chi connectivity index (χ4v) is 11.6. The van der Waals surface area contributed by atoms with Gasteiger partial charge in [-0.15, -0.1) is 0 Å². The van der Waals surface area contributed by atoms with E-state index in [4.69, 9.17) is 4.74 Å². The molecule has 0 bridgehead atoms. The number of phenols is 1. The van der Waals surface area contributed by atoms with Crippen LogP contribution in [-0.4, -0.2) is 51.3 Å². The zero-order valence-electron chi connectivity index (χ0n) is 27.2. The Morgan fingerprint density at radius 2 is 1.74 bits per heavy atom. The van der Waals surface area contributed by atoms with Crippen LogP contribution >= 0.6 is 0 Å². The molecule has 4 fully saturated rings. The molecule has 43 heavy (non-hydrogen) atoms. The Hall–Kier alpha value is -2.02. The zero-order chi connectivity index (χ0) is 31.3. The fourth-order valence-electron chi connectivity index (χ4n) is 11.6. The summed E-state index contributed by atoms with van der Waals surface area (Å²) in [4.78, 5) is 28.1. The Morgan fingerprint density at radius 1 is 1.05 bits per heavy atom. The second kappa shape index (κ2) is 9.99. The number of aliphatic hydroxyl groups excluding tert-OH is 2. The lowest BCUT2D eigenvalue weighted by molar-refractivity contribution is -0.193. The van der Waals surface area contributed by atoms with Crippen molar-refractivity contribution >= 4 is 11.6 Å². The van der Waals surface area contributed by atoms with Gasteiger partial charge < -0.3 is 20.1 Å². The van der Waals surface area contributed by atoms with Gasteiger partial charge in [0.05, 0.1) is 11.7 Å². The number of carbonyl (C=O) groups is 2. The summed E-state index contributed by atoms with van der Waals surface area (Å²) in [5.74, 6) is 0.743. The Labute approximate surface area is 257 Å². The van der Waals surface area contributed by atoms with Gasteiger partial charge in [-0.25, -0.2) is 0 Å². The first-order valence-corrected chi connectivity index (χ1v) is 16.6. The molecule has 3 saturated carbocycles. The predicted molar refractivity (Wildman–Crippen MR) is 165 cm³/mol. The van der Waals surface area contributed by atoms with Crippen LogP contribution in [0.5, 0.6) is 5.75 Å². The number of carbonyl (C=O) groups excluding carboxylic acids is 2. The van der Waals surface area contributed by atoms with Gasteiger partial charge in [0, 0.05) is 29.8 Å². The highest BCUT2D eigenvalue weighted by atomic mass is 16.6. The second-order valence-corrected chi connectivity index (χ2v) is 16.4. The average Bonchev–Trinajstić information content (AvgIpc) is 3.46. The highest BCUT2D eigenvalue weighted by Crippen LogP contribution is 2.75. The minimum Gasteiger partial charge on any atom is -0.508 e. The van der Waals surface area contributed by atoms with Gasteiger partial charge >= 0.3 is 0 Å². The monoisotopic (exact) mass is 592 g/mol. The molecule has 6 nitrogen and oxygen atoms in total. The standard InChI is InChI=1S/C37H52O6/c1-21(17-26(40)32-34(4,5)43-32)30-25-11-12-29-35(6)19-24(22-9-8-10-23(39)18-22)31(42)33(2,3)28(35)13-14-37(29,15-16-38)36(25,7)20-27(30)41/h8-10,18,21,24,26,28-29,32,38-40H,11-17,19-20H2,1-7H3/t21-,24+,26-,28+,29-,32-,35-,36+,37-/m1/s1. The maximum Gasteiger partial charge on any atom is 0.159 e. The van der Waals surface area contributed by atoms with E-state index in [0.717, 1.165) is 43.2 Å². The van der Waals surface area contributed by atoms with Crippen LogP contribution in [0.15, 0.2) is 35.4 Å². The van der Waals surface area contributed by atoms with Crippen molar-refractivity contribution in [3.05, 3.63) is 41.0 Å². The molecule has 1 aromatic carbocycles. The molecular formula is C37H52O6. The smallest absolute Gasteiger partial charge is 0.159 e. The van der Waals surface area contributed by atoms with Crippen molar-refractivity contribution in [1.82, 2.24) is 0 Å². The Morgan fingerprint density at radius 3 is 2.37 bits per heavy atom. The average molecular weight is 593 g/mol. The molecule has 0 radical (unpaired) electrons. The molecule has 3 N–H and O–H groups in total. The molecule has 0 unspecified atom stereocenters. The van der Waals surface area contributed by atoms with E-state index in [1.807, 2.05) is 26.0 Å². The minimum atomic E-state index is -0.605. The molecule has 0 aromatic heterocycles. The van der Waals surface area contributed by atoms with Gasteiger partial charge in [0.2, 0.25) is 0 Å². The van der Waals surface area contributed by atoms with Gasteiger partial charge in [-0.2, -0.15) is 0 Å². The van der Waals surface area contributed by atoms with Crippen LogP contribution in [-0.2, 0) is 14.3 Å². The van der Waals surface area contributed by atoms with E-state index in [0.29, 0.717) is 19.3 Å². The third kappa shape index (κ3) is 4.36. The number of fused-ring (bicyclic) bond motifs is 5. The third-order valence-electron chi connectivity index (χ3n) is 13.5. The Balaban J connectivity index is 1.40. The number of rotatable bonds is 7. The second-order valence-electron chi connectivity index (χ2n) is 16.4. The van der Waals surface area contributed by atoms with Crippen molar-refractivity contribution in [2.75, 3.05) is 6.61 Å². The lowest BCUT2D eigenvalue weighted by Gasteiger charge is -2.69. The van der Waals surface area contributed by atoms with Crippen molar-refractivity contribution in [3.63, 3.8) is 0 Å². The topological polar surface area (TPSA) is 107 Å². The fraction of sp³-hybridized carbons (Fsp3) is 0.730. The summed E-state index contributed by atoms with van der Waals surface area (Å²) in [6.45, 7) is 15.1. The van der Waals surface area contributed by atoms with E-state index < -0.39 is 11.5 Å². The maximum absolute atomic E-state index is 14.1. The summed E-state index contributed by atoms with van der Waals surface area (Å²) in [5, 5.41) is 31.9. The van der Waals surface area contributed by atoms with Crippen molar-refractivity contribution < 1.29 is 29.6 Å². The van der Waals surface area contributed by atoms with Crippen LogP contribution in [0.4, 0.5) is 0 Å². The number of aromatic hydroxyl groups is 1. The van der Waals surface area contributed by atoms with E-state index in [1.165, 1.54) is 5.57 Å². The van der Waals surface area contributed by atoms with Crippen LogP contribution in [0.25, 0.3) is 0 Å². The predicted octanol–water partition coefficient (Wildman–Crippen LogP) is 6.51. The highest BCUT2D eigenvalue weighted by molar-refractivity contribution is 6.00. The van der Waals surface area contributed by atoms with E-state index in [2.05, 4.69) is 34.6 Å². The van der Waals surface area contributed by atoms with E-state index in [9.17, 15) is 24.9 Å². The molecule has 0 spiro atoms. The molecule has 6 rings (SSSR count). The summed E-state index contributed by atoms with van der Waals surface area (Å²) in [7, 11) is 0. The molecule has 0 amide bonds. The molecule has 5 aliphatic rings. The molecule has 9 atom stereocenters. The molecule has 1 saturated heterocycles. The molecule has 236 valence electrons. The molecule has 4 aliphatic carbocycles. The van der Waals surface area contributed by atoms with Gasteiger partial charge in [-0.05, 0) is 111 Å². The van der Waals surface area contributed by atoms with E-state index in [-0.39, 0.29) is 75.5 Å². The van der Waals surface area contributed by atoms with Crippen molar-refractivity contribution in [1.29, 1.82) is 0 Å². The maximum atomic E-state index is 14.1. The van der Waals surface area contributed by atoms with Crippen LogP contribution in [0, 0.1) is 39.4 Å². The van der Waals surface area contributed by atoms with Crippen LogP contribution in [0.2, 0.25) is 0 Å². The first kappa shape index (κ1) is 31.0. The summed E-state index contributed by atoms with van der Waals surface area (Å²) < 4.78 is 5.72. The van der Waals surface area contributed by atoms with Gasteiger partial charge in [0.25, 0.3) is 0 Å². The van der Waals surface area contributed by atoms with Crippen LogP contribution < -0.4 is 0 Å². The first-order chi connectivity index (χ1) is 20.0. The zero-order valence-corrected chi connectivity index (χ0v) is 27.2. The van der Waals surface area contributed by atoms with Crippen molar-refractivity contribution in [2.24, 2.45) is 39.4 Å². The number of allylic oxidation sites excluding steroid dienone is 2. The SMILES string of the molecule is C[C@H](C[C@@H](O)[C@H]1OC1(C)C)C1=C2CC[C@@H]3[C@]4(C)C[C@@H](c5cccc(O)c5)C(=O)C(C)(C)[C@@H]4CC[C@]3(CCO)[C@@]2(C)CC1=O. The van der Waals surface area contributed by atoms with Crippen LogP contribution in [0.3, 0.4) is 0 Å². The molecule has 1 aliphatic heterocycles. The van der Waals surface area contributed by atoms with Gasteiger partial charge in [0.15, 0.2) is 5.78 Å².